The number of fused-ring (bicyclic) bond motifs is 2. The summed E-state index contributed by atoms with van der Waals surface area (Å²) in [6, 6.07) is 18.4. The Balaban J connectivity index is 1.48. The zero-order chi connectivity index (χ0) is 49.0. The minimum atomic E-state index is -1.38. The van der Waals surface area contributed by atoms with Crippen LogP contribution in [0, 0.1) is 27.9 Å². The molecule has 69 heavy (non-hydrogen) atoms. The highest BCUT2D eigenvalue weighted by atomic mass is 16.7. The van der Waals surface area contributed by atoms with Crippen molar-refractivity contribution in [2.24, 2.45) is 22.9 Å². The summed E-state index contributed by atoms with van der Waals surface area (Å²) in [6.45, 7) is 9.21. The molecule has 0 unspecified atom stereocenters. The monoisotopic (exact) mass is 950 g/mol. The molecule has 1 saturated carbocycles. The van der Waals surface area contributed by atoms with Crippen LogP contribution >= 0.6 is 0 Å². The molecule has 6 rings (SSSR count). The van der Waals surface area contributed by atoms with Gasteiger partial charge in [0.1, 0.15) is 36.2 Å². The number of aliphatic hydroxyl groups excluding tert-OH is 2. The molecule has 2 N–H and O–H groups in total. The van der Waals surface area contributed by atoms with E-state index in [0.717, 1.165) is 62.4 Å². The zero-order valence-electron chi connectivity index (χ0n) is 40.9. The van der Waals surface area contributed by atoms with Crippen LogP contribution in [-0.2, 0) is 21.0 Å². The van der Waals surface area contributed by atoms with Gasteiger partial charge in [-0.25, -0.2) is 0 Å². The fourth-order valence-corrected chi connectivity index (χ4v) is 10.8. The highest BCUT2D eigenvalue weighted by Crippen LogP contribution is 2.62. The summed E-state index contributed by atoms with van der Waals surface area (Å²) >= 11 is 0. The van der Waals surface area contributed by atoms with Gasteiger partial charge in [0, 0.05) is 61.8 Å². The lowest BCUT2D eigenvalue weighted by atomic mass is 9.55. The van der Waals surface area contributed by atoms with E-state index in [0.29, 0.717) is 66.3 Å². The number of non-ortho nitro benzene ring substituents is 1. The minimum absolute atomic E-state index is 0.0149. The molecule has 0 saturated heterocycles. The standard InChI is InChI=1S/C56H75N3O10/c1-4-7-8-9-10-11-12-13-14-24-53(63)58(31-5-2)52-38-50(57-67-40-41-25-27-44(28-26-41)59(64)65)48-36-43(21-15-17-32-60)47(23-16-18-33-61)54-49-37-46(68-45-22-19-20-42(35-45)39-62)29-30-51(49)69-56(52,55(48)54)66-34-6-3/h6,19-20,22,25-30,35-37,39,43,47,52,54-55,60-61H,3-5,7-18,21,23-24,31-34,38,40H2,1-2H3/t43-,47+,52-,54+,55+,56+/m0/s1. The smallest absolute Gasteiger partial charge is 0.269 e. The number of hydrogen-bond acceptors (Lipinski definition) is 11. The van der Waals surface area contributed by atoms with Gasteiger partial charge in [0.25, 0.3) is 5.69 Å². The molecule has 2 aliphatic carbocycles. The molecule has 3 aliphatic rings. The van der Waals surface area contributed by atoms with Gasteiger partial charge in [-0.15, -0.1) is 6.58 Å². The maximum atomic E-state index is 14.9. The lowest BCUT2D eigenvalue weighted by molar-refractivity contribution is -0.384. The predicted molar refractivity (Wildman–Crippen MR) is 269 cm³/mol. The van der Waals surface area contributed by atoms with Crippen LogP contribution in [0.1, 0.15) is 157 Å². The molecule has 13 nitrogen and oxygen atoms in total. The maximum Gasteiger partial charge on any atom is 0.269 e. The third-order valence-corrected chi connectivity index (χ3v) is 14.1. The van der Waals surface area contributed by atoms with Crippen molar-refractivity contribution in [2.75, 3.05) is 26.4 Å². The van der Waals surface area contributed by atoms with Crippen molar-refractivity contribution in [1.82, 2.24) is 4.90 Å². The minimum Gasteiger partial charge on any atom is -0.459 e. The molecule has 1 fully saturated rings. The normalized spacial score (nSPS) is 21.9. The molecule has 0 aromatic heterocycles. The molecular weight excluding hydrogens is 875 g/mol. The molecule has 0 spiro atoms. The van der Waals surface area contributed by atoms with Crippen LogP contribution in [0.2, 0.25) is 0 Å². The van der Waals surface area contributed by atoms with E-state index in [-0.39, 0.29) is 62.2 Å². The molecule has 374 valence electrons. The average molecular weight is 950 g/mol. The van der Waals surface area contributed by atoms with Crippen LogP contribution in [0.15, 0.2) is 96.2 Å². The first kappa shape index (κ1) is 53.0. The molecule has 1 aliphatic heterocycles. The summed E-state index contributed by atoms with van der Waals surface area (Å²) in [5.41, 5.74) is 3.71. The first-order valence-corrected chi connectivity index (χ1v) is 25.7. The van der Waals surface area contributed by atoms with Crippen molar-refractivity contribution in [3.8, 4) is 17.2 Å². The zero-order valence-corrected chi connectivity index (χ0v) is 40.9. The van der Waals surface area contributed by atoms with E-state index in [9.17, 15) is 29.9 Å². The first-order chi connectivity index (χ1) is 33.7. The van der Waals surface area contributed by atoms with Crippen LogP contribution in [0.25, 0.3) is 0 Å². The van der Waals surface area contributed by atoms with Crippen molar-refractivity contribution in [2.45, 2.75) is 154 Å². The number of amides is 1. The van der Waals surface area contributed by atoms with Crippen LogP contribution in [0.3, 0.4) is 0 Å². The lowest BCUT2D eigenvalue weighted by Crippen LogP contribution is -2.70. The van der Waals surface area contributed by atoms with Gasteiger partial charge >= 0.3 is 0 Å². The Morgan fingerprint density at radius 1 is 0.899 bits per heavy atom. The van der Waals surface area contributed by atoms with E-state index in [4.69, 9.17) is 24.2 Å². The highest BCUT2D eigenvalue weighted by molar-refractivity contribution is 6.03. The number of ether oxygens (including phenoxy) is 3. The Labute approximate surface area is 409 Å². The summed E-state index contributed by atoms with van der Waals surface area (Å²) in [6.07, 6.45) is 20.9. The Kier molecular flexibility index (Phi) is 20.8. The van der Waals surface area contributed by atoms with Crippen molar-refractivity contribution in [3.63, 3.8) is 0 Å². The van der Waals surface area contributed by atoms with Crippen LogP contribution in [-0.4, -0.2) is 76.1 Å². The number of hydrogen-bond donors (Lipinski definition) is 2. The predicted octanol–water partition coefficient (Wildman–Crippen LogP) is 12.2. The molecular formula is C56H75N3O10. The van der Waals surface area contributed by atoms with Gasteiger partial charge in [-0.05, 0) is 104 Å². The maximum absolute atomic E-state index is 14.9. The number of allylic oxidation sites excluding steroid dienone is 1. The van der Waals surface area contributed by atoms with Crippen molar-refractivity contribution >= 4 is 23.6 Å². The summed E-state index contributed by atoms with van der Waals surface area (Å²) in [5.74, 6) is -0.336. The van der Waals surface area contributed by atoms with Gasteiger partial charge in [0.15, 0.2) is 0 Å². The van der Waals surface area contributed by atoms with Crippen LogP contribution < -0.4 is 9.47 Å². The van der Waals surface area contributed by atoms with Crippen molar-refractivity contribution in [1.29, 1.82) is 0 Å². The largest absolute Gasteiger partial charge is 0.459 e. The third-order valence-electron chi connectivity index (χ3n) is 14.1. The number of nitrogens with zero attached hydrogens (tertiary/aromatic N) is 3. The number of benzene rings is 3. The number of rotatable bonds is 31. The fourth-order valence-electron chi connectivity index (χ4n) is 10.8. The topological polar surface area (TPSA) is 170 Å². The van der Waals surface area contributed by atoms with Crippen molar-refractivity contribution < 1.29 is 43.8 Å². The molecule has 1 amide bonds. The fraction of sp³-hybridized carbons (Fsp3) is 0.554. The average Bonchev–Trinajstić information content (AvgIpc) is 3.36. The molecule has 13 heteroatoms. The Morgan fingerprint density at radius 3 is 2.29 bits per heavy atom. The van der Waals surface area contributed by atoms with E-state index >= 15 is 0 Å². The molecule has 3 aromatic rings. The van der Waals surface area contributed by atoms with E-state index in [2.05, 4.69) is 26.5 Å². The summed E-state index contributed by atoms with van der Waals surface area (Å²) < 4.78 is 21.0. The van der Waals surface area contributed by atoms with E-state index < -0.39 is 22.7 Å². The highest BCUT2D eigenvalue weighted by Gasteiger charge is 2.65. The molecule has 3 aromatic carbocycles. The Hall–Kier alpha value is -5.37. The third kappa shape index (κ3) is 13.7. The second kappa shape index (κ2) is 27.1. The summed E-state index contributed by atoms with van der Waals surface area (Å²) in [7, 11) is 0. The number of aldehydes is 1. The quantitative estimate of drug-likeness (QED) is 0.0208. The van der Waals surface area contributed by atoms with Gasteiger partial charge in [0.2, 0.25) is 11.7 Å². The van der Waals surface area contributed by atoms with Gasteiger partial charge in [-0.1, -0.05) is 107 Å². The lowest BCUT2D eigenvalue weighted by Gasteiger charge is -2.60. The van der Waals surface area contributed by atoms with Gasteiger partial charge in [-0.2, -0.15) is 0 Å². The van der Waals surface area contributed by atoms with Crippen molar-refractivity contribution in [3.05, 3.63) is 118 Å². The molecule has 1 heterocycles. The van der Waals surface area contributed by atoms with Gasteiger partial charge in [0.05, 0.1) is 23.2 Å². The van der Waals surface area contributed by atoms with Crippen LogP contribution in [0.4, 0.5) is 5.69 Å². The molecule has 0 bridgehead atoms. The number of aliphatic hydroxyl groups is 2. The number of carbonyl (C=O) groups is 2. The second-order valence-electron chi connectivity index (χ2n) is 18.9. The SMILES string of the molecule is C=CCO[C@@]12Oc3ccc(Oc4cccc(C=O)c4)cc3[C@H]3[C@H](CCCCO)[C@@H](CCCCO)C=C(C(=NOCc4ccc([N+](=O)[O-])cc4)C[C@@H]1N(CCC)C(=O)CCCCCCCCCCC)[C@H]32. The number of nitro groups is 1. The number of oxime groups is 1. The summed E-state index contributed by atoms with van der Waals surface area (Å²) in [4.78, 5) is 45.8. The molecule has 0 radical (unpaired) electrons. The summed E-state index contributed by atoms with van der Waals surface area (Å²) in [5, 5.41) is 36.4. The second-order valence-corrected chi connectivity index (χ2v) is 18.9. The van der Waals surface area contributed by atoms with Crippen LogP contribution in [0.5, 0.6) is 17.2 Å². The number of nitro benzene ring substituents is 1. The number of unbranched alkanes of at least 4 members (excludes halogenated alkanes) is 10. The Bertz CT molecular complexity index is 2190. The van der Waals surface area contributed by atoms with E-state index in [1.807, 2.05) is 29.2 Å². The Morgan fingerprint density at radius 2 is 1.61 bits per heavy atom. The first-order valence-electron chi connectivity index (χ1n) is 25.7. The van der Waals surface area contributed by atoms with E-state index in [1.165, 1.54) is 50.7 Å². The number of carbonyl (C=O) groups excluding carboxylic acids is 2. The van der Waals surface area contributed by atoms with Gasteiger partial charge in [-0.3, -0.25) is 19.7 Å². The molecule has 6 atom stereocenters. The van der Waals surface area contributed by atoms with Gasteiger partial charge < -0.3 is 34.2 Å². The van der Waals surface area contributed by atoms with E-state index in [1.54, 1.807) is 36.4 Å².